The van der Waals surface area contributed by atoms with E-state index < -0.39 is 0 Å². The van der Waals surface area contributed by atoms with Crippen molar-refractivity contribution in [3.63, 3.8) is 0 Å². The molecule has 1 aliphatic heterocycles. The fourth-order valence-electron chi connectivity index (χ4n) is 4.43. The first-order valence-corrected chi connectivity index (χ1v) is 11.0. The monoisotopic (exact) mass is 413 g/mol. The van der Waals surface area contributed by atoms with E-state index in [4.69, 9.17) is 0 Å². The van der Waals surface area contributed by atoms with Crippen molar-refractivity contribution in [2.24, 2.45) is 0 Å². The van der Waals surface area contributed by atoms with Crippen LogP contribution in [0.5, 0.6) is 0 Å². The molecule has 4 heteroatoms. The average molecular weight is 414 g/mol. The normalized spacial score (nSPS) is 14.5. The number of amides is 1. The van der Waals surface area contributed by atoms with E-state index in [1.165, 1.54) is 16.0 Å². The molecule has 1 amide bonds. The quantitative estimate of drug-likeness (QED) is 0.605. The van der Waals surface area contributed by atoms with E-state index in [-0.39, 0.29) is 30.6 Å². The van der Waals surface area contributed by atoms with E-state index in [0.29, 0.717) is 5.56 Å². The lowest BCUT2D eigenvalue weighted by atomic mass is 9.96. The van der Waals surface area contributed by atoms with Crippen LogP contribution in [-0.4, -0.2) is 42.8 Å². The molecule has 1 fully saturated rings. The molecule has 1 N–H and O–H groups in total. The third-order valence-electron chi connectivity index (χ3n) is 6.09. The van der Waals surface area contributed by atoms with Crippen LogP contribution < -0.4 is 4.90 Å². The molecule has 31 heavy (non-hydrogen) atoms. The highest BCUT2D eigenvalue weighted by atomic mass is 16.2. The third-order valence-corrected chi connectivity index (χ3v) is 6.09. The van der Waals surface area contributed by atoms with E-state index in [2.05, 4.69) is 48.5 Å². The highest BCUT2D eigenvalue weighted by Gasteiger charge is 2.31. The second-order valence-electron chi connectivity index (χ2n) is 8.08. The number of Topliss-reactive ketones (excluding diaryl/α,β-unsaturated/α-hetero) is 1. The van der Waals surface area contributed by atoms with Gasteiger partial charge in [0.25, 0.3) is 0 Å². The zero-order chi connectivity index (χ0) is 21.5. The van der Waals surface area contributed by atoms with E-state index in [0.717, 1.165) is 26.2 Å². The summed E-state index contributed by atoms with van der Waals surface area (Å²) in [6.07, 6.45) is 0.552. The molecule has 3 aromatic rings. The zero-order valence-electron chi connectivity index (χ0n) is 17.7. The summed E-state index contributed by atoms with van der Waals surface area (Å²) >= 11 is 0. The predicted molar refractivity (Wildman–Crippen MR) is 122 cm³/mol. The zero-order valence-corrected chi connectivity index (χ0v) is 17.7. The number of rotatable bonds is 7. The molecule has 0 saturated carbocycles. The molecule has 0 aliphatic carbocycles. The maximum Gasteiger partial charge on any atom is 0.223 e. The number of nitrogens with zero attached hydrogens (tertiary/aromatic N) is 1. The summed E-state index contributed by atoms with van der Waals surface area (Å²) in [5.41, 5.74) is 3.28. The summed E-state index contributed by atoms with van der Waals surface area (Å²) in [5.74, 6) is 0.116. The molecule has 0 radical (unpaired) electrons. The van der Waals surface area contributed by atoms with Crippen LogP contribution in [0.3, 0.4) is 0 Å². The first-order valence-electron chi connectivity index (χ1n) is 11.0. The van der Waals surface area contributed by atoms with Gasteiger partial charge in [0.2, 0.25) is 5.91 Å². The fraction of sp³-hybridized carbons (Fsp3) is 0.259. The maximum absolute atomic E-state index is 12.7. The van der Waals surface area contributed by atoms with Crippen molar-refractivity contribution in [1.29, 1.82) is 0 Å². The number of piperazine rings is 1. The third kappa shape index (κ3) is 5.28. The van der Waals surface area contributed by atoms with Gasteiger partial charge >= 0.3 is 0 Å². The molecule has 1 aliphatic rings. The first kappa shape index (κ1) is 21.0. The summed E-state index contributed by atoms with van der Waals surface area (Å²) in [7, 11) is 0. The van der Waals surface area contributed by atoms with Gasteiger partial charge < -0.3 is 9.80 Å². The van der Waals surface area contributed by atoms with Crippen molar-refractivity contribution in [3.8, 4) is 0 Å². The molecule has 0 unspecified atom stereocenters. The van der Waals surface area contributed by atoms with E-state index in [1.807, 2.05) is 47.4 Å². The Kier molecular flexibility index (Phi) is 6.90. The van der Waals surface area contributed by atoms with Gasteiger partial charge in [-0.15, -0.1) is 0 Å². The lowest BCUT2D eigenvalue weighted by Gasteiger charge is -2.37. The Labute approximate surface area is 184 Å². The van der Waals surface area contributed by atoms with Gasteiger partial charge in [-0.25, -0.2) is 0 Å². The molecular weight excluding hydrogens is 384 g/mol. The number of carbonyl (C=O) groups is 2. The van der Waals surface area contributed by atoms with Gasteiger partial charge in [-0.1, -0.05) is 91.0 Å². The second kappa shape index (κ2) is 10.2. The molecule has 0 aromatic heterocycles. The molecule has 4 nitrogen and oxygen atoms in total. The molecule has 0 bridgehead atoms. The predicted octanol–water partition coefficient (Wildman–Crippen LogP) is 3.17. The summed E-state index contributed by atoms with van der Waals surface area (Å²) in [6, 6.07) is 30.7. The van der Waals surface area contributed by atoms with E-state index >= 15 is 0 Å². The Morgan fingerprint density at radius 2 is 1.19 bits per heavy atom. The lowest BCUT2D eigenvalue weighted by molar-refractivity contribution is -0.929. The topological polar surface area (TPSA) is 41.8 Å². The lowest BCUT2D eigenvalue weighted by Crippen LogP contribution is -3.15. The summed E-state index contributed by atoms with van der Waals surface area (Å²) in [4.78, 5) is 28.4. The molecule has 1 saturated heterocycles. The van der Waals surface area contributed by atoms with Crippen molar-refractivity contribution in [1.82, 2.24) is 4.90 Å². The summed E-state index contributed by atoms with van der Waals surface area (Å²) in [6.45, 7) is 3.24. The van der Waals surface area contributed by atoms with Gasteiger partial charge in [0.1, 0.15) is 6.04 Å². The number of ketones is 1. The smallest absolute Gasteiger partial charge is 0.223 e. The molecular formula is C27H29N2O2+. The van der Waals surface area contributed by atoms with Crippen LogP contribution in [0.1, 0.15) is 40.4 Å². The van der Waals surface area contributed by atoms with Crippen LogP contribution in [0.15, 0.2) is 91.0 Å². The largest absolute Gasteiger partial charge is 0.331 e. The Hall–Kier alpha value is -3.24. The van der Waals surface area contributed by atoms with Crippen LogP contribution in [0.25, 0.3) is 0 Å². The highest BCUT2D eigenvalue weighted by Crippen LogP contribution is 2.19. The van der Waals surface area contributed by atoms with Crippen molar-refractivity contribution < 1.29 is 14.5 Å². The number of carbonyl (C=O) groups excluding carboxylic acids is 2. The van der Waals surface area contributed by atoms with Gasteiger partial charge in [-0.2, -0.15) is 0 Å². The number of hydrogen-bond acceptors (Lipinski definition) is 2. The number of quaternary nitrogens is 1. The van der Waals surface area contributed by atoms with Gasteiger partial charge in [-0.05, 0) is 0 Å². The number of nitrogens with one attached hydrogen (secondary N) is 1. The second-order valence-corrected chi connectivity index (χ2v) is 8.08. The van der Waals surface area contributed by atoms with Crippen LogP contribution in [0.2, 0.25) is 0 Å². The number of benzene rings is 3. The van der Waals surface area contributed by atoms with Gasteiger partial charge in [0, 0.05) is 29.5 Å². The Morgan fingerprint density at radius 3 is 1.71 bits per heavy atom. The van der Waals surface area contributed by atoms with Crippen LogP contribution >= 0.6 is 0 Å². The van der Waals surface area contributed by atoms with Gasteiger partial charge in [0.05, 0.1) is 26.2 Å². The van der Waals surface area contributed by atoms with Gasteiger partial charge in [-0.3, -0.25) is 9.59 Å². The van der Waals surface area contributed by atoms with Gasteiger partial charge in [0.15, 0.2) is 5.78 Å². The minimum atomic E-state index is 0.0337. The Bertz CT molecular complexity index is 942. The SMILES string of the molecule is O=C(CCC(=O)N1CC[NH+](C(c2ccccc2)c2ccccc2)CC1)c1ccccc1. The Balaban J connectivity index is 1.36. The molecule has 3 aromatic carbocycles. The number of hydrogen-bond donors (Lipinski definition) is 1. The summed E-state index contributed by atoms with van der Waals surface area (Å²) in [5, 5.41) is 0. The van der Waals surface area contributed by atoms with E-state index in [1.54, 1.807) is 0 Å². The molecule has 0 atom stereocenters. The molecule has 0 spiro atoms. The van der Waals surface area contributed by atoms with Crippen LogP contribution in [-0.2, 0) is 4.79 Å². The van der Waals surface area contributed by atoms with Crippen LogP contribution in [0, 0.1) is 0 Å². The highest BCUT2D eigenvalue weighted by molar-refractivity contribution is 5.97. The summed E-state index contributed by atoms with van der Waals surface area (Å²) < 4.78 is 0. The molecule has 4 rings (SSSR count). The van der Waals surface area contributed by atoms with Crippen molar-refractivity contribution in [2.45, 2.75) is 18.9 Å². The Morgan fingerprint density at radius 1 is 0.710 bits per heavy atom. The van der Waals surface area contributed by atoms with Crippen molar-refractivity contribution in [2.75, 3.05) is 26.2 Å². The van der Waals surface area contributed by atoms with Crippen molar-refractivity contribution >= 4 is 11.7 Å². The fourth-order valence-corrected chi connectivity index (χ4v) is 4.43. The van der Waals surface area contributed by atoms with Crippen molar-refractivity contribution in [3.05, 3.63) is 108 Å². The molecule has 1 heterocycles. The minimum Gasteiger partial charge on any atom is -0.331 e. The average Bonchev–Trinajstić information content (AvgIpc) is 2.85. The molecule has 158 valence electrons. The van der Waals surface area contributed by atoms with Crippen LogP contribution in [0.4, 0.5) is 0 Å². The first-order chi connectivity index (χ1) is 15.2. The maximum atomic E-state index is 12.7. The minimum absolute atomic E-state index is 0.0337. The van der Waals surface area contributed by atoms with E-state index in [9.17, 15) is 9.59 Å². The standard InChI is InChI=1S/C27H28N2O2/c30-25(22-10-4-1-5-11-22)16-17-26(31)28-18-20-29(21-19-28)27(23-12-6-2-7-13-23)24-14-8-3-9-15-24/h1-15,27H,16-21H2/p+1.